The molecule has 0 aromatic heterocycles. The minimum Gasteiger partial charge on any atom is -0.462 e. The van der Waals surface area contributed by atoms with Crippen molar-refractivity contribution in [2.45, 2.75) is 84.3 Å². The maximum atomic E-state index is 13.5. The molecule has 1 aliphatic carbocycles. The summed E-state index contributed by atoms with van der Waals surface area (Å²) in [5.41, 5.74) is 2.22. The smallest absolute Gasteiger partial charge is 0.303 e. The highest BCUT2D eigenvalue weighted by molar-refractivity contribution is 5.85. The zero-order valence-electron chi connectivity index (χ0n) is 22.0. The highest BCUT2D eigenvalue weighted by Crippen LogP contribution is 2.23. The summed E-state index contributed by atoms with van der Waals surface area (Å²) in [7, 11) is 0. The summed E-state index contributed by atoms with van der Waals surface area (Å²) in [6, 6.07) is 7.46. The van der Waals surface area contributed by atoms with Gasteiger partial charge in [0.05, 0.1) is 0 Å². The number of nitrogens with one attached hydrogen (secondary N) is 1. The molecule has 1 aromatic rings. The number of ether oxygens (including phenoxy) is 5. The van der Waals surface area contributed by atoms with Crippen molar-refractivity contribution in [2.75, 3.05) is 6.61 Å². The summed E-state index contributed by atoms with van der Waals surface area (Å²) in [6.07, 6.45) is -4.91. The van der Waals surface area contributed by atoms with Crippen LogP contribution in [-0.2, 0) is 65.3 Å². The van der Waals surface area contributed by atoms with Gasteiger partial charge in [-0.3, -0.25) is 28.8 Å². The number of benzene rings is 1. The van der Waals surface area contributed by atoms with E-state index in [2.05, 4.69) is 5.32 Å². The quantitative estimate of drug-likeness (QED) is 0.317. The number of hydrogen-bond acceptors (Lipinski definition) is 11. The lowest BCUT2D eigenvalue weighted by molar-refractivity contribution is -0.203. The highest BCUT2D eigenvalue weighted by atomic mass is 16.6. The molecule has 12 heteroatoms. The molecule has 2 rings (SSSR count). The molecule has 0 unspecified atom stereocenters. The Labute approximate surface area is 220 Å². The topological polar surface area (TPSA) is 161 Å². The van der Waals surface area contributed by atoms with Crippen molar-refractivity contribution in [2.24, 2.45) is 0 Å². The number of aryl methyl sites for hydroxylation is 1. The molecule has 12 nitrogen and oxygen atoms in total. The minimum absolute atomic E-state index is 0.328. The van der Waals surface area contributed by atoms with E-state index >= 15 is 0 Å². The molecule has 0 spiro atoms. The van der Waals surface area contributed by atoms with Crippen LogP contribution in [0.4, 0.5) is 0 Å². The molecule has 1 N–H and O–H groups in total. The first-order valence-corrected chi connectivity index (χ1v) is 12.1. The van der Waals surface area contributed by atoms with Crippen molar-refractivity contribution >= 4 is 35.8 Å². The third-order valence-corrected chi connectivity index (χ3v) is 5.61. The van der Waals surface area contributed by atoms with E-state index in [-0.39, 0.29) is 6.04 Å². The second kappa shape index (κ2) is 14.1. The van der Waals surface area contributed by atoms with E-state index in [0.29, 0.717) is 19.3 Å². The van der Waals surface area contributed by atoms with Crippen LogP contribution in [0.5, 0.6) is 0 Å². The minimum atomic E-state index is -1.80. The lowest BCUT2D eigenvalue weighted by atomic mass is 9.88. The SMILES string of the molecule is CC(=O)OC[C@H](OC(C)=O)[C@H](OC(C)=O)[C@H](OC(C)=O)[C@H](OC(C)=O)C(=O)N[C@@H]1CCc2ccccc2C1. The number of esters is 5. The number of hydrogen-bond donors (Lipinski definition) is 1. The number of rotatable bonds is 11. The molecule has 0 bridgehead atoms. The molecule has 5 atom stereocenters. The molecule has 38 heavy (non-hydrogen) atoms. The van der Waals surface area contributed by atoms with Crippen molar-refractivity contribution in [1.29, 1.82) is 0 Å². The van der Waals surface area contributed by atoms with Crippen molar-refractivity contribution in [1.82, 2.24) is 5.32 Å². The molecule has 0 radical (unpaired) electrons. The molecule has 0 aliphatic heterocycles. The van der Waals surface area contributed by atoms with Crippen molar-refractivity contribution in [3.63, 3.8) is 0 Å². The zero-order valence-corrected chi connectivity index (χ0v) is 22.0. The first-order valence-electron chi connectivity index (χ1n) is 12.1. The van der Waals surface area contributed by atoms with Gasteiger partial charge in [0, 0.05) is 40.7 Å². The lowest BCUT2D eigenvalue weighted by Gasteiger charge is -2.35. The summed E-state index contributed by atoms with van der Waals surface area (Å²) in [5.74, 6) is -5.07. The number of amides is 1. The predicted octanol–water partition coefficient (Wildman–Crippen LogP) is 0.950. The molecule has 1 aliphatic rings. The molecule has 1 amide bonds. The van der Waals surface area contributed by atoms with Gasteiger partial charge in [0.25, 0.3) is 5.91 Å². The Balaban J connectivity index is 2.43. The fraction of sp³-hybridized carbons (Fsp3) is 0.538. The van der Waals surface area contributed by atoms with Gasteiger partial charge in [-0.25, -0.2) is 0 Å². The third kappa shape index (κ3) is 9.49. The maximum absolute atomic E-state index is 13.5. The second-order valence-corrected chi connectivity index (χ2v) is 8.85. The van der Waals surface area contributed by atoms with E-state index in [1.165, 1.54) is 0 Å². The fourth-order valence-electron chi connectivity index (χ4n) is 4.20. The third-order valence-electron chi connectivity index (χ3n) is 5.61. The van der Waals surface area contributed by atoms with Gasteiger partial charge in [0.2, 0.25) is 6.10 Å². The van der Waals surface area contributed by atoms with Crippen LogP contribution in [0, 0.1) is 0 Å². The number of fused-ring (bicyclic) bond motifs is 1. The van der Waals surface area contributed by atoms with Crippen LogP contribution in [0.1, 0.15) is 52.2 Å². The number of carbonyl (C=O) groups is 6. The Hall–Kier alpha value is -3.96. The van der Waals surface area contributed by atoms with Crippen LogP contribution >= 0.6 is 0 Å². The van der Waals surface area contributed by atoms with Gasteiger partial charge < -0.3 is 29.0 Å². The Morgan fingerprint density at radius 3 is 1.87 bits per heavy atom. The Morgan fingerprint density at radius 1 is 0.763 bits per heavy atom. The van der Waals surface area contributed by atoms with E-state index < -0.39 is 66.8 Å². The van der Waals surface area contributed by atoms with Gasteiger partial charge in [-0.05, 0) is 30.4 Å². The molecule has 208 valence electrons. The van der Waals surface area contributed by atoms with Crippen LogP contribution in [0.25, 0.3) is 0 Å². The van der Waals surface area contributed by atoms with Crippen LogP contribution in [-0.4, -0.2) is 72.8 Å². The van der Waals surface area contributed by atoms with E-state index in [9.17, 15) is 28.8 Å². The highest BCUT2D eigenvalue weighted by Gasteiger charge is 2.47. The van der Waals surface area contributed by atoms with Crippen LogP contribution < -0.4 is 5.32 Å². The largest absolute Gasteiger partial charge is 0.462 e. The fourth-order valence-corrected chi connectivity index (χ4v) is 4.20. The average Bonchev–Trinajstić information content (AvgIpc) is 2.81. The molecule has 0 saturated heterocycles. The van der Waals surface area contributed by atoms with Gasteiger partial charge in [-0.1, -0.05) is 24.3 Å². The Bertz CT molecular complexity index is 1050. The van der Waals surface area contributed by atoms with Gasteiger partial charge in [0.15, 0.2) is 18.3 Å². The van der Waals surface area contributed by atoms with Crippen molar-refractivity contribution in [3.8, 4) is 0 Å². The normalized spacial score (nSPS) is 17.3. The van der Waals surface area contributed by atoms with Crippen LogP contribution in [0.3, 0.4) is 0 Å². The predicted molar refractivity (Wildman–Crippen MR) is 129 cm³/mol. The van der Waals surface area contributed by atoms with Gasteiger partial charge in [-0.2, -0.15) is 0 Å². The first-order chi connectivity index (χ1) is 17.9. The molecular formula is C26H33NO11. The van der Waals surface area contributed by atoms with E-state index in [1.807, 2.05) is 24.3 Å². The van der Waals surface area contributed by atoms with Crippen LogP contribution in [0.2, 0.25) is 0 Å². The molecule has 0 fully saturated rings. The van der Waals surface area contributed by atoms with Gasteiger partial charge in [-0.15, -0.1) is 0 Å². The molecule has 1 aromatic carbocycles. The van der Waals surface area contributed by atoms with Gasteiger partial charge in [0.1, 0.15) is 6.61 Å². The average molecular weight is 536 g/mol. The summed E-state index contributed by atoms with van der Waals surface area (Å²) in [5, 5.41) is 2.82. The molecule has 0 heterocycles. The monoisotopic (exact) mass is 535 g/mol. The number of carbonyl (C=O) groups excluding carboxylic acids is 6. The standard InChI is InChI=1S/C26H33NO11/c1-14(28)34-13-22(35-15(2)29)23(36-16(3)30)24(37-17(4)31)25(38-18(5)32)26(33)27-21-11-10-19-8-6-7-9-20(19)12-21/h6-9,21-25H,10-13H2,1-5H3,(H,27,33)/t21-,22+,23+,24+,25+/m1/s1. The van der Waals surface area contributed by atoms with Gasteiger partial charge >= 0.3 is 29.8 Å². The summed E-state index contributed by atoms with van der Waals surface area (Å²) in [6.45, 7) is 4.68. The van der Waals surface area contributed by atoms with Crippen molar-refractivity contribution < 1.29 is 52.5 Å². The van der Waals surface area contributed by atoms with E-state index in [1.54, 1.807) is 0 Å². The molecular weight excluding hydrogens is 502 g/mol. The maximum Gasteiger partial charge on any atom is 0.303 e. The Kier molecular flexibility index (Phi) is 11.2. The van der Waals surface area contributed by atoms with E-state index in [4.69, 9.17) is 23.7 Å². The van der Waals surface area contributed by atoms with Crippen LogP contribution in [0.15, 0.2) is 24.3 Å². The lowest BCUT2D eigenvalue weighted by Crippen LogP contribution is -2.58. The molecule has 0 saturated carbocycles. The Morgan fingerprint density at radius 2 is 1.32 bits per heavy atom. The summed E-state index contributed by atoms with van der Waals surface area (Å²) < 4.78 is 26.0. The zero-order chi connectivity index (χ0) is 28.4. The second-order valence-electron chi connectivity index (χ2n) is 8.85. The van der Waals surface area contributed by atoms with Crippen molar-refractivity contribution in [3.05, 3.63) is 35.4 Å². The van der Waals surface area contributed by atoms with E-state index in [0.717, 1.165) is 45.7 Å². The first kappa shape index (κ1) is 30.3. The summed E-state index contributed by atoms with van der Waals surface area (Å²) in [4.78, 5) is 72.8. The summed E-state index contributed by atoms with van der Waals surface area (Å²) >= 11 is 0.